The van der Waals surface area contributed by atoms with Gasteiger partial charge in [0.05, 0.1) is 10.5 Å². The number of amides is 1. The molecule has 0 saturated carbocycles. The molecule has 0 unspecified atom stereocenters. The molecule has 0 fully saturated rings. The maximum absolute atomic E-state index is 11.7. The zero-order chi connectivity index (χ0) is 14.8. The molecular formula is C14H20BrNO3. The van der Waals surface area contributed by atoms with Crippen LogP contribution in [0.3, 0.4) is 0 Å². The highest BCUT2D eigenvalue weighted by Gasteiger charge is 2.20. The van der Waals surface area contributed by atoms with E-state index >= 15 is 0 Å². The van der Waals surface area contributed by atoms with E-state index in [1.54, 1.807) is 27.7 Å². The normalized spacial score (nSPS) is 12.9. The highest BCUT2D eigenvalue weighted by molar-refractivity contribution is 9.10. The van der Waals surface area contributed by atoms with Crippen molar-refractivity contribution in [2.24, 2.45) is 0 Å². The first-order valence-corrected chi connectivity index (χ1v) is 6.88. The van der Waals surface area contributed by atoms with Gasteiger partial charge in [-0.25, -0.2) is 4.79 Å². The SMILES string of the molecule is Cc1cc(Br)c(O)c([C@@H](C)NC(=O)OC(C)(C)C)c1. The standard InChI is InChI=1S/C14H20BrNO3/c1-8-6-10(12(17)11(15)7-8)9(2)16-13(18)19-14(3,4)5/h6-7,9,17H,1-5H3,(H,16,18)/t9-/m1/s1. The van der Waals surface area contributed by atoms with Crippen LogP contribution in [-0.2, 0) is 4.74 Å². The topological polar surface area (TPSA) is 58.6 Å². The van der Waals surface area contributed by atoms with Gasteiger partial charge in [0, 0.05) is 5.56 Å². The number of carbonyl (C=O) groups excluding carboxylic acids is 1. The second kappa shape index (κ2) is 5.82. The van der Waals surface area contributed by atoms with Gasteiger partial charge in [0.25, 0.3) is 0 Å². The molecule has 1 rings (SSSR count). The van der Waals surface area contributed by atoms with Crippen LogP contribution in [0.1, 0.15) is 44.9 Å². The number of aryl methyl sites for hydroxylation is 1. The zero-order valence-electron chi connectivity index (χ0n) is 11.9. The summed E-state index contributed by atoms with van der Waals surface area (Å²) in [6, 6.07) is 3.31. The number of nitrogens with one attached hydrogen (secondary N) is 1. The highest BCUT2D eigenvalue weighted by atomic mass is 79.9. The van der Waals surface area contributed by atoms with E-state index in [4.69, 9.17) is 4.74 Å². The summed E-state index contributed by atoms with van der Waals surface area (Å²) in [5.41, 5.74) is 1.11. The van der Waals surface area contributed by atoms with E-state index in [1.165, 1.54) is 0 Å². The van der Waals surface area contributed by atoms with Crippen molar-refractivity contribution >= 4 is 22.0 Å². The molecule has 0 heterocycles. The lowest BCUT2D eigenvalue weighted by Gasteiger charge is -2.22. The molecular weight excluding hydrogens is 310 g/mol. The predicted molar refractivity (Wildman–Crippen MR) is 78.3 cm³/mol. The summed E-state index contributed by atoms with van der Waals surface area (Å²) >= 11 is 3.29. The van der Waals surface area contributed by atoms with Gasteiger partial charge in [0.2, 0.25) is 0 Å². The summed E-state index contributed by atoms with van der Waals surface area (Å²) in [6.07, 6.45) is -0.503. The van der Waals surface area contributed by atoms with Gasteiger partial charge in [0.1, 0.15) is 11.4 Å². The summed E-state index contributed by atoms with van der Waals surface area (Å²) in [7, 11) is 0. The van der Waals surface area contributed by atoms with Crippen LogP contribution < -0.4 is 5.32 Å². The molecule has 0 aliphatic rings. The molecule has 2 N–H and O–H groups in total. The summed E-state index contributed by atoms with van der Waals surface area (Å²) in [5.74, 6) is 0.133. The van der Waals surface area contributed by atoms with Gasteiger partial charge in [-0.2, -0.15) is 0 Å². The van der Waals surface area contributed by atoms with Crippen molar-refractivity contribution in [1.82, 2.24) is 5.32 Å². The van der Waals surface area contributed by atoms with Gasteiger partial charge in [-0.3, -0.25) is 0 Å². The lowest BCUT2D eigenvalue weighted by molar-refractivity contribution is 0.0507. The number of benzene rings is 1. The molecule has 4 nitrogen and oxygen atoms in total. The van der Waals surface area contributed by atoms with E-state index in [-0.39, 0.29) is 11.8 Å². The number of carbonyl (C=O) groups is 1. The predicted octanol–water partition coefficient (Wildman–Crippen LogP) is 4.05. The van der Waals surface area contributed by atoms with Crippen LogP contribution >= 0.6 is 15.9 Å². The molecule has 0 aromatic heterocycles. The van der Waals surface area contributed by atoms with Crippen LogP contribution in [0.25, 0.3) is 0 Å². The van der Waals surface area contributed by atoms with Crippen molar-refractivity contribution in [3.8, 4) is 5.75 Å². The summed E-state index contributed by atoms with van der Waals surface area (Å²) in [5, 5.41) is 12.7. The number of phenols is 1. The van der Waals surface area contributed by atoms with Crippen molar-refractivity contribution in [2.75, 3.05) is 0 Å². The molecule has 0 aliphatic heterocycles. The molecule has 0 radical (unpaired) electrons. The summed E-state index contributed by atoms with van der Waals surface area (Å²) in [4.78, 5) is 11.7. The quantitative estimate of drug-likeness (QED) is 0.860. The zero-order valence-corrected chi connectivity index (χ0v) is 13.5. The summed E-state index contributed by atoms with van der Waals surface area (Å²) in [6.45, 7) is 9.13. The minimum Gasteiger partial charge on any atom is -0.506 e. The number of hydrogen-bond acceptors (Lipinski definition) is 3. The average molecular weight is 330 g/mol. The Balaban J connectivity index is 2.84. The van der Waals surface area contributed by atoms with Gasteiger partial charge in [-0.1, -0.05) is 6.07 Å². The number of halogens is 1. The third-order valence-electron chi connectivity index (χ3n) is 2.44. The third-order valence-corrected chi connectivity index (χ3v) is 3.04. The molecule has 5 heteroatoms. The lowest BCUT2D eigenvalue weighted by atomic mass is 10.0. The van der Waals surface area contributed by atoms with E-state index in [1.807, 2.05) is 19.1 Å². The Morgan fingerprint density at radius 1 is 1.42 bits per heavy atom. The Kier molecular flexibility index (Phi) is 4.85. The molecule has 1 amide bonds. The smallest absolute Gasteiger partial charge is 0.408 e. The van der Waals surface area contributed by atoms with Crippen molar-refractivity contribution in [2.45, 2.75) is 46.3 Å². The van der Waals surface area contributed by atoms with Gasteiger partial charge < -0.3 is 15.2 Å². The highest BCUT2D eigenvalue weighted by Crippen LogP contribution is 2.33. The average Bonchev–Trinajstić information content (AvgIpc) is 2.20. The maximum Gasteiger partial charge on any atom is 0.408 e. The van der Waals surface area contributed by atoms with Crippen molar-refractivity contribution in [3.63, 3.8) is 0 Å². The molecule has 0 saturated heterocycles. The molecule has 1 aromatic rings. The van der Waals surface area contributed by atoms with Gasteiger partial charge >= 0.3 is 6.09 Å². The number of aromatic hydroxyl groups is 1. The van der Waals surface area contributed by atoms with Gasteiger partial charge in [-0.05, 0) is 62.2 Å². The molecule has 19 heavy (non-hydrogen) atoms. The Morgan fingerprint density at radius 3 is 2.53 bits per heavy atom. The monoisotopic (exact) mass is 329 g/mol. The van der Waals surface area contributed by atoms with Crippen LogP contribution in [0.2, 0.25) is 0 Å². The van der Waals surface area contributed by atoms with E-state index in [0.29, 0.717) is 10.0 Å². The van der Waals surface area contributed by atoms with Crippen molar-refractivity contribution in [1.29, 1.82) is 0 Å². The maximum atomic E-state index is 11.7. The first-order chi connectivity index (χ1) is 8.60. The van der Waals surface area contributed by atoms with Gasteiger partial charge in [-0.15, -0.1) is 0 Å². The fraction of sp³-hybridized carbons (Fsp3) is 0.500. The van der Waals surface area contributed by atoms with Crippen molar-refractivity contribution in [3.05, 3.63) is 27.7 Å². The Bertz CT molecular complexity index is 480. The van der Waals surface area contributed by atoms with Crippen LogP contribution in [0.4, 0.5) is 4.79 Å². The van der Waals surface area contributed by atoms with E-state index < -0.39 is 11.7 Å². The van der Waals surface area contributed by atoms with Crippen LogP contribution in [-0.4, -0.2) is 16.8 Å². The number of rotatable bonds is 2. The Morgan fingerprint density at radius 2 is 2.00 bits per heavy atom. The summed E-state index contributed by atoms with van der Waals surface area (Å²) < 4.78 is 5.80. The Hall–Kier alpha value is -1.23. The number of ether oxygens (including phenoxy) is 1. The van der Waals surface area contributed by atoms with Crippen LogP contribution in [0, 0.1) is 6.92 Å². The minimum atomic E-state index is -0.543. The largest absolute Gasteiger partial charge is 0.506 e. The van der Waals surface area contributed by atoms with Gasteiger partial charge in [0.15, 0.2) is 0 Å². The molecule has 106 valence electrons. The minimum absolute atomic E-state index is 0.133. The fourth-order valence-electron chi connectivity index (χ4n) is 1.65. The fourth-order valence-corrected chi connectivity index (χ4v) is 2.24. The number of phenolic OH excluding ortho intramolecular Hbond substituents is 1. The molecule has 1 aromatic carbocycles. The second-order valence-corrected chi connectivity index (χ2v) is 6.41. The second-order valence-electron chi connectivity index (χ2n) is 5.55. The van der Waals surface area contributed by atoms with Crippen LogP contribution in [0.5, 0.6) is 5.75 Å². The third kappa shape index (κ3) is 4.74. The number of hydrogen-bond donors (Lipinski definition) is 2. The molecule has 1 atom stereocenters. The molecule has 0 spiro atoms. The first kappa shape index (κ1) is 15.8. The Labute approximate surface area is 122 Å². The lowest BCUT2D eigenvalue weighted by Crippen LogP contribution is -2.34. The van der Waals surface area contributed by atoms with Crippen LogP contribution in [0.15, 0.2) is 16.6 Å². The van der Waals surface area contributed by atoms with Crippen molar-refractivity contribution < 1.29 is 14.6 Å². The first-order valence-electron chi connectivity index (χ1n) is 6.08. The van der Waals surface area contributed by atoms with E-state index in [9.17, 15) is 9.90 Å². The number of alkyl carbamates (subject to hydrolysis) is 1. The van der Waals surface area contributed by atoms with E-state index in [2.05, 4.69) is 21.2 Å². The molecule has 0 bridgehead atoms. The molecule has 0 aliphatic carbocycles. The van der Waals surface area contributed by atoms with E-state index in [0.717, 1.165) is 5.56 Å².